The molecule has 1 aromatic rings. The van der Waals surface area contributed by atoms with Gasteiger partial charge in [-0.3, -0.25) is 9.79 Å². The Hall–Kier alpha value is -2.28. The van der Waals surface area contributed by atoms with E-state index in [4.69, 9.17) is 15.2 Å². The van der Waals surface area contributed by atoms with E-state index in [1.54, 1.807) is 13.1 Å². The fourth-order valence-corrected chi connectivity index (χ4v) is 2.46. The second-order valence-corrected chi connectivity index (χ2v) is 6.28. The number of carbonyl (C=O) groups is 1. The monoisotopic (exact) mass is 364 g/mol. The minimum absolute atomic E-state index is 0.128. The van der Waals surface area contributed by atoms with Crippen LogP contribution in [0.25, 0.3) is 0 Å². The molecule has 1 rings (SSSR count). The van der Waals surface area contributed by atoms with Crippen LogP contribution in [0.4, 0.5) is 0 Å². The van der Waals surface area contributed by atoms with E-state index in [9.17, 15) is 4.79 Å². The number of guanidine groups is 1. The van der Waals surface area contributed by atoms with Crippen LogP contribution >= 0.6 is 0 Å². The Morgan fingerprint density at radius 3 is 2.69 bits per heavy atom. The van der Waals surface area contributed by atoms with E-state index < -0.39 is 5.91 Å². The summed E-state index contributed by atoms with van der Waals surface area (Å²) in [4.78, 5) is 15.0. The maximum absolute atomic E-state index is 10.8. The number of rotatable bonds is 11. The Bertz CT molecular complexity index is 576. The van der Waals surface area contributed by atoms with Crippen molar-refractivity contribution in [2.45, 2.75) is 39.8 Å². The lowest BCUT2D eigenvalue weighted by Gasteiger charge is -2.21. The number of carbonyl (C=O) groups excluding carboxylic acids is 1. The van der Waals surface area contributed by atoms with Crippen molar-refractivity contribution < 1.29 is 14.3 Å². The highest BCUT2D eigenvalue weighted by atomic mass is 16.5. The van der Waals surface area contributed by atoms with E-state index >= 15 is 0 Å². The molecule has 1 atom stereocenters. The number of ether oxygens (including phenoxy) is 2. The van der Waals surface area contributed by atoms with Gasteiger partial charge in [0.15, 0.2) is 12.6 Å². The van der Waals surface area contributed by atoms with Crippen molar-refractivity contribution in [2.75, 3.05) is 26.8 Å². The van der Waals surface area contributed by atoms with Gasteiger partial charge in [0.2, 0.25) is 0 Å². The molecule has 146 valence electrons. The predicted octanol–water partition coefficient (Wildman–Crippen LogP) is 1.67. The Kier molecular flexibility index (Phi) is 10.2. The fourth-order valence-electron chi connectivity index (χ4n) is 2.46. The van der Waals surface area contributed by atoms with Gasteiger partial charge >= 0.3 is 0 Å². The summed E-state index contributed by atoms with van der Waals surface area (Å²) in [5.74, 6) is 1.33. The first-order valence-electron chi connectivity index (χ1n) is 9.02. The summed E-state index contributed by atoms with van der Waals surface area (Å²) in [5.41, 5.74) is 6.11. The van der Waals surface area contributed by atoms with E-state index in [0.29, 0.717) is 18.2 Å². The van der Waals surface area contributed by atoms with Crippen molar-refractivity contribution in [1.29, 1.82) is 0 Å². The number of hydrogen-bond donors (Lipinski definition) is 3. The molecule has 0 aliphatic carbocycles. The molecule has 26 heavy (non-hydrogen) atoms. The predicted molar refractivity (Wildman–Crippen MR) is 104 cm³/mol. The van der Waals surface area contributed by atoms with Crippen LogP contribution in [0.2, 0.25) is 0 Å². The van der Waals surface area contributed by atoms with Crippen LogP contribution in [-0.2, 0) is 16.1 Å². The van der Waals surface area contributed by atoms with Gasteiger partial charge in [0.05, 0.1) is 6.10 Å². The number of amides is 1. The normalized spacial score (nSPS) is 12.7. The molecule has 1 aromatic carbocycles. The molecule has 0 radical (unpaired) electrons. The molecule has 0 aliphatic heterocycles. The van der Waals surface area contributed by atoms with Crippen LogP contribution < -0.4 is 21.1 Å². The summed E-state index contributed by atoms with van der Waals surface area (Å²) in [6.07, 6.45) is 1.16. The second kappa shape index (κ2) is 12.1. The fraction of sp³-hybridized carbons (Fsp3) is 0.579. The number of nitrogens with zero attached hydrogens (tertiary/aromatic N) is 1. The van der Waals surface area contributed by atoms with Crippen LogP contribution in [0.3, 0.4) is 0 Å². The molecule has 1 unspecified atom stereocenters. The summed E-state index contributed by atoms with van der Waals surface area (Å²) >= 11 is 0. The average molecular weight is 364 g/mol. The summed E-state index contributed by atoms with van der Waals surface area (Å²) in [6.45, 7) is 8.32. The van der Waals surface area contributed by atoms with Crippen molar-refractivity contribution >= 4 is 11.9 Å². The van der Waals surface area contributed by atoms with Crippen molar-refractivity contribution in [1.82, 2.24) is 10.6 Å². The maximum Gasteiger partial charge on any atom is 0.255 e. The van der Waals surface area contributed by atoms with Crippen LogP contribution in [0, 0.1) is 5.92 Å². The molecule has 0 aliphatic rings. The van der Waals surface area contributed by atoms with Crippen LogP contribution in [-0.4, -0.2) is 44.8 Å². The first kappa shape index (κ1) is 21.8. The minimum atomic E-state index is -0.495. The largest absolute Gasteiger partial charge is 0.484 e. The SMILES string of the molecule is CCOC(CCNC(=NC)NCc1cccc(OCC(N)=O)c1)C(C)C. The maximum atomic E-state index is 10.8. The lowest BCUT2D eigenvalue weighted by molar-refractivity contribution is -0.119. The highest BCUT2D eigenvalue weighted by Gasteiger charge is 2.13. The molecular formula is C19H32N4O3. The Balaban J connectivity index is 2.44. The molecule has 0 bridgehead atoms. The first-order chi connectivity index (χ1) is 12.5. The Morgan fingerprint density at radius 1 is 1.31 bits per heavy atom. The average Bonchev–Trinajstić information content (AvgIpc) is 2.62. The van der Waals surface area contributed by atoms with Gasteiger partial charge in [0.25, 0.3) is 5.91 Å². The van der Waals surface area contributed by atoms with E-state index in [2.05, 4.69) is 29.5 Å². The number of aliphatic imine (C=N–C) groups is 1. The number of primary amides is 1. The lowest BCUT2D eigenvalue weighted by atomic mass is 10.0. The molecule has 0 fully saturated rings. The van der Waals surface area contributed by atoms with E-state index in [1.807, 2.05) is 25.1 Å². The summed E-state index contributed by atoms with van der Waals surface area (Å²) in [5, 5.41) is 6.57. The zero-order valence-corrected chi connectivity index (χ0v) is 16.2. The van der Waals surface area contributed by atoms with Crippen molar-refractivity contribution in [3.8, 4) is 5.75 Å². The smallest absolute Gasteiger partial charge is 0.255 e. The Morgan fingerprint density at radius 2 is 2.08 bits per heavy atom. The Labute approximate surface area is 156 Å². The topological polar surface area (TPSA) is 98.0 Å². The number of nitrogens with two attached hydrogens (primary N) is 1. The summed E-state index contributed by atoms with van der Waals surface area (Å²) < 4.78 is 11.1. The molecule has 0 saturated heterocycles. The second-order valence-electron chi connectivity index (χ2n) is 6.28. The third kappa shape index (κ3) is 8.71. The van der Waals surface area contributed by atoms with Gasteiger partial charge in [-0.05, 0) is 37.0 Å². The highest BCUT2D eigenvalue weighted by Crippen LogP contribution is 2.13. The van der Waals surface area contributed by atoms with Gasteiger partial charge in [0, 0.05) is 26.7 Å². The number of nitrogens with one attached hydrogen (secondary N) is 2. The van der Waals surface area contributed by atoms with Crippen LogP contribution in [0.15, 0.2) is 29.3 Å². The van der Waals surface area contributed by atoms with Gasteiger partial charge in [0.1, 0.15) is 5.75 Å². The van der Waals surface area contributed by atoms with Crippen molar-refractivity contribution in [3.05, 3.63) is 29.8 Å². The van der Waals surface area contributed by atoms with E-state index in [1.165, 1.54) is 0 Å². The zero-order valence-electron chi connectivity index (χ0n) is 16.2. The van der Waals surface area contributed by atoms with Gasteiger partial charge in [-0.2, -0.15) is 0 Å². The summed E-state index contributed by atoms with van der Waals surface area (Å²) in [6, 6.07) is 7.51. The van der Waals surface area contributed by atoms with Crippen LogP contribution in [0.5, 0.6) is 5.75 Å². The summed E-state index contributed by atoms with van der Waals surface area (Å²) in [7, 11) is 1.74. The molecule has 0 saturated carbocycles. The molecule has 1 amide bonds. The molecule has 4 N–H and O–H groups in total. The standard InChI is InChI=1S/C19H32N4O3/c1-5-25-17(14(2)3)9-10-22-19(21-4)23-12-15-7-6-8-16(11-15)26-13-18(20)24/h6-8,11,14,17H,5,9-10,12-13H2,1-4H3,(H2,20,24)(H2,21,22,23). The van der Waals surface area contributed by atoms with Crippen molar-refractivity contribution in [3.63, 3.8) is 0 Å². The molecule has 0 aromatic heterocycles. The molecule has 0 spiro atoms. The van der Waals surface area contributed by atoms with Gasteiger partial charge < -0.3 is 25.8 Å². The van der Waals surface area contributed by atoms with E-state index in [0.717, 1.165) is 31.1 Å². The van der Waals surface area contributed by atoms with Crippen LogP contribution in [0.1, 0.15) is 32.8 Å². The highest BCUT2D eigenvalue weighted by molar-refractivity contribution is 5.79. The first-order valence-corrected chi connectivity index (χ1v) is 9.02. The molecular weight excluding hydrogens is 332 g/mol. The van der Waals surface area contributed by atoms with Crippen molar-refractivity contribution in [2.24, 2.45) is 16.6 Å². The minimum Gasteiger partial charge on any atom is -0.484 e. The third-order valence-corrected chi connectivity index (χ3v) is 3.81. The lowest BCUT2D eigenvalue weighted by Crippen LogP contribution is -2.38. The molecule has 7 nitrogen and oxygen atoms in total. The van der Waals surface area contributed by atoms with Gasteiger partial charge in [-0.15, -0.1) is 0 Å². The third-order valence-electron chi connectivity index (χ3n) is 3.81. The molecule has 7 heteroatoms. The number of benzene rings is 1. The van der Waals surface area contributed by atoms with Gasteiger partial charge in [-0.25, -0.2) is 0 Å². The molecule has 0 heterocycles. The van der Waals surface area contributed by atoms with Gasteiger partial charge in [-0.1, -0.05) is 26.0 Å². The quantitative estimate of drug-likeness (QED) is 0.410. The van der Waals surface area contributed by atoms with E-state index in [-0.39, 0.29) is 12.7 Å². The number of hydrogen-bond acceptors (Lipinski definition) is 4. The zero-order chi connectivity index (χ0) is 19.4.